The Kier molecular flexibility index (Phi) is 6.24. The molecule has 0 saturated carbocycles. The number of carbonyl (C=O) groups is 1. The molecular weight excluding hydrogens is 452 g/mol. The number of alkyl halides is 3. The number of hydrogen-bond acceptors (Lipinski definition) is 7. The van der Waals surface area contributed by atoms with Crippen LogP contribution in [-0.4, -0.2) is 47.8 Å². The minimum atomic E-state index is -3.01. The van der Waals surface area contributed by atoms with Crippen LogP contribution in [0.15, 0.2) is 41.5 Å². The van der Waals surface area contributed by atoms with Gasteiger partial charge in [-0.1, -0.05) is 11.8 Å². The topological polar surface area (TPSA) is 98.8 Å². The van der Waals surface area contributed by atoms with Crippen molar-refractivity contribution in [2.24, 2.45) is 16.6 Å². The van der Waals surface area contributed by atoms with Gasteiger partial charge in [0, 0.05) is 22.9 Å². The first kappa shape index (κ1) is 22.3. The number of aromatic nitrogens is 1. The highest BCUT2D eigenvalue weighted by Crippen LogP contribution is 2.48. The number of rotatable bonds is 6. The van der Waals surface area contributed by atoms with Gasteiger partial charge in [-0.25, -0.2) is 18.8 Å². The highest BCUT2D eigenvalue weighted by atomic mass is 32.2. The van der Waals surface area contributed by atoms with Gasteiger partial charge in [0.05, 0.1) is 18.9 Å². The number of amides is 1. The number of nitrogens with zero attached hydrogens (tertiary/aromatic N) is 2. The molecule has 0 spiro atoms. The molecular formula is C20H18F4N4O3S. The number of fused-ring (bicyclic) bond motifs is 1. The van der Waals surface area contributed by atoms with Crippen LogP contribution in [0.25, 0.3) is 0 Å². The number of hydrogen-bond donors (Lipinski definition) is 2. The number of nitrogens with one attached hydrogen (secondary N) is 1. The van der Waals surface area contributed by atoms with Gasteiger partial charge in [0.15, 0.2) is 5.17 Å². The predicted octanol–water partition coefficient (Wildman–Crippen LogP) is 3.32. The monoisotopic (exact) mass is 470 g/mol. The van der Waals surface area contributed by atoms with Crippen molar-refractivity contribution in [1.29, 1.82) is 0 Å². The summed E-state index contributed by atoms with van der Waals surface area (Å²) in [6.07, 6.45) is 0.250. The molecule has 170 valence electrons. The van der Waals surface area contributed by atoms with E-state index in [-0.39, 0.29) is 34.5 Å². The number of aliphatic imine (C=N–C) groups is 1. The molecule has 1 aromatic heterocycles. The summed E-state index contributed by atoms with van der Waals surface area (Å²) in [7, 11) is 0. The highest BCUT2D eigenvalue weighted by molar-refractivity contribution is 8.13. The second-order valence-corrected chi connectivity index (χ2v) is 8.24. The van der Waals surface area contributed by atoms with Crippen LogP contribution in [0.5, 0.6) is 5.75 Å². The Morgan fingerprint density at radius 3 is 2.88 bits per heavy atom. The number of benzene rings is 1. The maximum absolute atomic E-state index is 14.9. The highest BCUT2D eigenvalue weighted by Gasteiger charge is 2.54. The average Bonchev–Trinajstić information content (AvgIpc) is 3.13. The van der Waals surface area contributed by atoms with Crippen molar-refractivity contribution < 1.29 is 31.8 Å². The number of pyridine rings is 1. The maximum Gasteiger partial charge on any atom is 0.387 e. The lowest BCUT2D eigenvalue weighted by atomic mass is 9.79. The Hall–Kier alpha value is -2.86. The molecule has 3 N–H and O–H groups in total. The SMILES string of the molecule is NC1=NC2(c3cc(NC(=O)c4ccc(OC(F)F)cn4)ccc3F)COC(CF)C2CS1. The zero-order valence-electron chi connectivity index (χ0n) is 16.4. The van der Waals surface area contributed by atoms with Crippen LogP contribution in [-0.2, 0) is 10.3 Å². The summed E-state index contributed by atoms with van der Waals surface area (Å²) in [4.78, 5) is 20.8. The third-order valence-electron chi connectivity index (χ3n) is 5.34. The second kappa shape index (κ2) is 8.94. The fourth-order valence-corrected chi connectivity index (χ4v) is 4.90. The molecule has 3 unspecified atom stereocenters. The minimum absolute atomic E-state index is 0.0466. The summed E-state index contributed by atoms with van der Waals surface area (Å²) in [6.45, 7) is -3.80. The van der Waals surface area contributed by atoms with Crippen molar-refractivity contribution in [3.63, 3.8) is 0 Å². The zero-order valence-corrected chi connectivity index (χ0v) is 17.3. The number of ether oxygens (including phenoxy) is 2. The predicted molar refractivity (Wildman–Crippen MR) is 110 cm³/mol. The first-order valence-corrected chi connectivity index (χ1v) is 10.5. The van der Waals surface area contributed by atoms with E-state index in [9.17, 15) is 22.4 Å². The van der Waals surface area contributed by atoms with E-state index in [1.807, 2.05) is 0 Å². The lowest BCUT2D eigenvalue weighted by molar-refractivity contribution is -0.0500. The molecule has 0 radical (unpaired) electrons. The van der Waals surface area contributed by atoms with E-state index in [0.29, 0.717) is 5.75 Å². The van der Waals surface area contributed by atoms with E-state index in [2.05, 4.69) is 20.0 Å². The quantitative estimate of drug-likeness (QED) is 0.629. The lowest BCUT2D eigenvalue weighted by Gasteiger charge is -2.35. The number of halogens is 4. The van der Waals surface area contributed by atoms with Gasteiger partial charge in [-0.15, -0.1) is 0 Å². The van der Waals surface area contributed by atoms with E-state index < -0.39 is 42.6 Å². The number of nitrogens with two attached hydrogens (primary N) is 1. The molecule has 0 bridgehead atoms. The molecule has 1 saturated heterocycles. The summed E-state index contributed by atoms with van der Waals surface area (Å²) in [5, 5.41) is 2.83. The van der Waals surface area contributed by atoms with Crippen LogP contribution in [0.1, 0.15) is 16.1 Å². The average molecular weight is 470 g/mol. The first-order valence-electron chi connectivity index (χ1n) is 9.50. The first-order chi connectivity index (χ1) is 15.3. The molecule has 2 aliphatic heterocycles. The van der Waals surface area contributed by atoms with Gasteiger partial charge in [-0.05, 0) is 30.3 Å². The molecule has 2 aliphatic rings. The largest absolute Gasteiger partial charge is 0.433 e. The van der Waals surface area contributed by atoms with Crippen LogP contribution < -0.4 is 15.8 Å². The molecule has 1 amide bonds. The minimum Gasteiger partial charge on any atom is -0.433 e. The van der Waals surface area contributed by atoms with Crippen LogP contribution in [0, 0.1) is 11.7 Å². The fraction of sp³-hybridized carbons (Fsp3) is 0.350. The van der Waals surface area contributed by atoms with E-state index in [1.165, 1.54) is 42.1 Å². The normalized spacial score (nSPS) is 24.7. The molecule has 3 atom stereocenters. The molecule has 0 aliphatic carbocycles. The van der Waals surface area contributed by atoms with Gasteiger partial charge in [-0.2, -0.15) is 8.78 Å². The van der Waals surface area contributed by atoms with E-state index in [4.69, 9.17) is 10.5 Å². The summed E-state index contributed by atoms with van der Waals surface area (Å²) >= 11 is 1.25. The number of carbonyl (C=O) groups excluding carboxylic acids is 1. The standard InChI is InChI=1S/C20H18F4N4O3S/c21-6-16-13-8-32-19(25)28-20(13,9-30-16)12-5-10(1-3-14(12)22)27-17(29)15-4-2-11(7-26-15)31-18(23)24/h1-5,7,13,16,18H,6,8-9H2,(H2,25,28)(H,27,29). The second-order valence-electron chi connectivity index (χ2n) is 7.20. The van der Waals surface area contributed by atoms with Gasteiger partial charge in [0.2, 0.25) is 0 Å². The van der Waals surface area contributed by atoms with Gasteiger partial charge in [0.1, 0.15) is 29.5 Å². The van der Waals surface area contributed by atoms with Crippen LogP contribution in [0.2, 0.25) is 0 Å². The zero-order chi connectivity index (χ0) is 22.9. The summed E-state index contributed by atoms with van der Waals surface area (Å²) in [5.74, 6) is -1.45. The summed E-state index contributed by atoms with van der Waals surface area (Å²) in [6, 6.07) is 6.32. The van der Waals surface area contributed by atoms with Crippen molar-refractivity contribution in [2.75, 3.05) is 24.4 Å². The smallest absolute Gasteiger partial charge is 0.387 e. The Bertz CT molecular complexity index is 1040. The molecule has 32 heavy (non-hydrogen) atoms. The number of anilines is 1. The lowest BCUT2D eigenvalue weighted by Crippen LogP contribution is -2.42. The molecule has 1 fully saturated rings. The maximum atomic E-state index is 14.9. The van der Waals surface area contributed by atoms with Gasteiger partial charge in [-0.3, -0.25) is 4.79 Å². The van der Waals surface area contributed by atoms with Crippen molar-refractivity contribution in [3.05, 3.63) is 53.6 Å². The van der Waals surface area contributed by atoms with Crippen LogP contribution >= 0.6 is 11.8 Å². The number of thioether (sulfide) groups is 1. The van der Waals surface area contributed by atoms with Crippen molar-refractivity contribution in [1.82, 2.24) is 4.98 Å². The molecule has 2 aromatic rings. The van der Waals surface area contributed by atoms with Crippen molar-refractivity contribution in [2.45, 2.75) is 18.3 Å². The fourth-order valence-electron chi connectivity index (χ4n) is 3.84. The molecule has 12 heteroatoms. The van der Waals surface area contributed by atoms with Gasteiger partial charge >= 0.3 is 6.61 Å². The Balaban J connectivity index is 1.60. The van der Waals surface area contributed by atoms with Crippen LogP contribution in [0.3, 0.4) is 0 Å². The Labute approximate surface area is 184 Å². The third-order valence-corrected chi connectivity index (χ3v) is 6.25. The van der Waals surface area contributed by atoms with Gasteiger partial charge in [0.25, 0.3) is 5.91 Å². The van der Waals surface area contributed by atoms with E-state index >= 15 is 0 Å². The molecule has 1 aromatic carbocycles. The number of amidine groups is 1. The van der Waals surface area contributed by atoms with E-state index in [0.717, 1.165) is 6.20 Å². The molecule has 7 nitrogen and oxygen atoms in total. The summed E-state index contributed by atoms with van der Waals surface area (Å²) < 4.78 is 62.6. The van der Waals surface area contributed by atoms with Crippen molar-refractivity contribution in [3.8, 4) is 5.75 Å². The summed E-state index contributed by atoms with van der Waals surface area (Å²) in [5.41, 5.74) is 5.00. The third kappa shape index (κ3) is 4.24. The van der Waals surface area contributed by atoms with Crippen LogP contribution in [0.4, 0.5) is 23.2 Å². The Morgan fingerprint density at radius 1 is 1.38 bits per heavy atom. The molecule has 4 rings (SSSR count). The van der Waals surface area contributed by atoms with Gasteiger partial charge < -0.3 is 20.5 Å². The van der Waals surface area contributed by atoms with Crippen molar-refractivity contribution >= 4 is 28.5 Å². The Morgan fingerprint density at radius 2 is 2.19 bits per heavy atom. The van der Waals surface area contributed by atoms with E-state index in [1.54, 1.807) is 0 Å². The molecule has 3 heterocycles.